The van der Waals surface area contributed by atoms with Crippen LogP contribution in [0.2, 0.25) is 5.02 Å². The molecule has 0 aliphatic rings. The molecule has 3 nitrogen and oxygen atoms in total. The van der Waals surface area contributed by atoms with Gasteiger partial charge in [-0.25, -0.2) is 12.8 Å². The number of nitrogens with zero attached hydrogens (tertiary/aromatic N) is 1. The molecule has 0 N–H and O–H groups in total. The number of nitriles is 1. The van der Waals surface area contributed by atoms with Gasteiger partial charge >= 0.3 is 0 Å². The predicted molar refractivity (Wildman–Crippen MR) is 78.6 cm³/mol. The average molecular weight is 322 g/mol. The van der Waals surface area contributed by atoms with Gasteiger partial charge in [0.2, 0.25) is 9.84 Å². The van der Waals surface area contributed by atoms with Crippen LogP contribution in [0, 0.1) is 17.1 Å². The summed E-state index contributed by atoms with van der Waals surface area (Å²) in [6, 6.07) is 12.3. The van der Waals surface area contributed by atoms with Crippen LogP contribution in [-0.4, -0.2) is 8.42 Å². The molecule has 0 spiro atoms. The molecule has 0 radical (unpaired) electrons. The second-order valence-corrected chi connectivity index (χ2v) is 6.48. The van der Waals surface area contributed by atoms with E-state index in [4.69, 9.17) is 16.9 Å². The summed E-state index contributed by atoms with van der Waals surface area (Å²) in [4.78, 5) is -0.554. The predicted octanol–water partition coefficient (Wildman–Crippen LogP) is 3.82. The maximum absolute atomic E-state index is 12.9. The molecule has 6 heteroatoms. The number of benzene rings is 2. The van der Waals surface area contributed by atoms with Crippen LogP contribution in [-0.2, 0) is 9.84 Å². The van der Waals surface area contributed by atoms with Crippen LogP contribution >= 0.6 is 11.6 Å². The Hall–Kier alpha value is -2.16. The summed E-state index contributed by atoms with van der Waals surface area (Å²) in [6.45, 7) is 0. The Morgan fingerprint density at radius 2 is 1.67 bits per heavy atom. The number of hydrogen-bond acceptors (Lipinski definition) is 3. The molecule has 2 aromatic rings. The Morgan fingerprint density at radius 3 is 2.19 bits per heavy atom. The Morgan fingerprint density at radius 1 is 1.10 bits per heavy atom. The molecule has 0 aliphatic carbocycles. The first-order chi connectivity index (χ1) is 9.93. The quantitative estimate of drug-likeness (QED) is 0.638. The molecule has 21 heavy (non-hydrogen) atoms. The van der Waals surface area contributed by atoms with Crippen LogP contribution in [0.15, 0.2) is 58.3 Å². The number of rotatable bonds is 3. The fourth-order valence-electron chi connectivity index (χ4n) is 1.62. The standard InChI is InChI=1S/C15H9ClFNO2S/c16-12-3-1-11(2-4-12)9-15(10-18)21(19,20)14-7-5-13(17)6-8-14/h1-9H/b15-9+. The van der Waals surface area contributed by atoms with Crippen LogP contribution in [0.1, 0.15) is 5.56 Å². The van der Waals surface area contributed by atoms with Crippen molar-refractivity contribution in [3.05, 3.63) is 69.8 Å². The highest BCUT2D eigenvalue weighted by molar-refractivity contribution is 7.95. The van der Waals surface area contributed by atoms with Crippen molar-refractivity contribution in [3.63, 3.8) is 0 Å². The molecule has 0 heterocycles. The van der Waals surface area contributed by atoms with Crippen LogP contribution < -0.4 is 0 Å². The fourth-order valence-corrected chi connectivity index (χ4v) is 2.91. The van der Waals surface area contributed by atoms with Gasteiger partial charge in [0.1, 0.15) is 16.8 Å². The fraction of sp³-hybridized carbons (Fsp3) is 0. The van der Waals surface area contributed by atoms with Crippen molar-refractivity contribution >= 4 is 27.5 Å². The Kier molecular flexibility index (Phi) is 4.41. The minimum Gasteiger partial charge on any atom is -0.218 e. The number of hydrogen-bond donors (Lipinski definition) is 0. The maximum Gasteiger partial charge on any atom is 0.216 e. The molecule has 0 bridgehead atoms. The highest BCUT2D eigenvalue weighted by atomic mass is 35.5. The SMILES string of the molecule is N#C/C(=C\c1ccc(Cl)cc1)S(=O)(=O)c1ccc(F)cc1. The highest BCUT2D eigenvalue weighted by Gasteiger charge is 2.20. The summed E-state index contributed by atoms with van der Waals surface area (Å²) < 4.78 is 37.5. The van der Waals surface area contributed by atoms with Crippen molar-refractivity contribution in [2.24, 2.45) is 0 Å². The lowest BCUT2D eigenvalue weighted by Crippen LogP contribution is -2.03. The van der Waals surface area contributed by atoms with E-state index in [1.54, 1.807) is 30.3 Å². The molecule has 2 aromatic carbocycles. The van der Waals surface area contributed by atoms with E-state index in [1.165, 1.54) is 6.08 Å². The minimum atomic E-state index is -3.98. The zero-order valence-corrected chi connectivity index (χ0v) is 12.2. The largest absolute Gasteiger partial charge is 0.218 e. The summed E-state index contributed by atoms with van der Waals surface area (Å²) in [7, 11) is -3.98. The third-order valence-electron chi connectivity index (χ3n) is 2.69. The summed E-state index contributed by atoms with van der Waals surface area (Å²) >= 11 is 5.74. The maximum atomic E-state index is 12.9. The average Bonchev–Trinajstić information content (AvgIpc) is 2.47. The van der Waals surface area contributed by atoms with Gasteiger partial charge in [-0.05, 0) is 48.0 Å². The van der Waals surface area contributed by atoms with E-state index in [-0.39, 0.29) is 4.90 Å². The first-order valence-corrected chi connectivity index (χ1v) is 7.67. The van der Waals surface area contributed by atoms with E-state index in [1.807, 2.05) is 0 Å². The molecular formula is C15H9ClFNO2S. The van der Waals surface area contributed by atoms with Gasteiger partial charge in [0.15, 0.2) is 0 Å². The highest BCUT2D eigenvalue weighted by Crippen LogP contribution is 2.22. The Bertz CT molecular complexity index is 819. The minimum absolute atomic E-state index is 0.134. The van der Waals surface area contributed by atoms with Crippen molar-refractivity contribution in [1.29, 1.82) is 5.26 Å². The van der Waals surface area contributed by atoms with Crippen LogP contribution in [0.5, 0.6) is 0 Å². The van der Waals surface area contributed by atoms with Crippen molar-refractivity contribution < 1.29 is 12.8 Å². The first-order valence-electron chi connectivity index (χ1n) is 5.81. The molecule has 0 unspecified atom stereocenters. The van der Waals surface area contributed by atoms with Crippen LogP contribution in [0.3, 0.4) is 0 Å². The molecule has 0 atom stereocenters. The summed E-state index contributed by atoms with van der Waals surface area (Å²) in [5, 5.41) is 9.60. The van der Waals surface area contributed by atoms with Gasteiger partial charge in [-0.15, -0.1) is 0 Å². The lowest BCUT2D eigenvalue weighted by atomic mass is 10.2. The topological polar surface area (TPSA) is 57.9 Å². The molecule has 0 aromatic heterocycles. The van der Waals surface area contributed by atoms with Crippen LogP contribution in [0.25, 0.3) is 6.08 Å². The van der Waals surface area contributed by atoms with E-state index < -0.39 is 20.6 Å². The van der Waals surface area contributed by atoms with Gasteiger partial charge in [-0.2, -0.15) is 5.26 Å². The lowest BCUT2D eigenvalue weighted by Gasteiger charge is -2.03. The van der Waals surface area contributed by atoms with Crippen molar-refractivity contribution in [3.8, 4) is 6.07 Å². The third kappa shape index (κ3) is 3.48. The normalized spacial score (nSPS) is 12.0. The van der Waals surface area contributed by atoms with Gasteiger partial charge in [-0.1, -0.05) is 23.7 Å². The van der Waals surface area contributed by atoms with E-state index in [2.05, 4.69) is 0 Å². The summed E-state index contributed by atoms with van der Waals surface area (Å²) in [6.07, 6.45) is 1.25. The van der Waals surface area contributed by atoms with Gasteiger partial charge in [-0.3, -0.25) is 0 Å². The monoisotopic (exact) mass is 321 g/mol. The second kappa shape index (κ2) is 6.08. The number of sulfone groups is 1. The van der Waals surface area contributed by atoms with Gasteiger partial charge in [0.25, 0.3) is 0 Å². The first kappa shape index (κ1) is 15.2. The molecule has 0 fully saturated rings. The number of allylic oxidation sites excluding steroid dienone is 1. The van der Waals surface area contributed by atoms with Crippen molar-refractivity contribution in [2.45, 2.75) is 4.90 Å². The van der Waals surface area contributed by atoms with Gasteiger partial charge in [0, 0.05) is 5.02 Å². The van der Waals surface area contributed by atoms with E-state index in [0.717, 1.165) is 24.3 Å². The molecule has 0 aliphatic heterocycles. The molecule has 2 rings (SSSR count). The zero-order valence-electron chi connectivity index (χ0n) is 10.6. The van der Waals surface area contributed by atoms with Crippen molar-refractivity contribution in [2.75, 3.05) is 0 Å². The van der Waals surface area contributed by atoms with Gasteiger partial charge < -0.3 is 0 Å². The molecular weight excluding hydrogens is 313 g/mol. The summed E-state index contributed by atoms with van der Waals surface area (Å²) in [5.74, 6) is -0.547. The molecule has 0 amide bonds. The lowest BCUT2D eigenvalue weighted by molar-refractivity contribution is 0.601. The Balaban J connectivity index is 2.47. The summed E-state index contributed by atoms with van der Waals surface area (Å²) in [5.41, 5.74) is 0.529. The van der Waals surface area contributed by atoms with E-state index in [9.17, 15) is 12.8 Å². The van der Waals surface area contributed by atoms with Gasteiger partial charge in [0.05, 0.1) is 4.90 Å². The molecule has 0 saturated carbocycles. The second-order valence-electron chi connectivity index (χ2n) is 4.13. The Labute approximate surface area is 126 Å². The zero-order chi connectivity index (χ0) is 15.5. The smallest absolute Gasteiger partial charge is 0.216 e. The van der Waals surface area contributed by atoms with E-state index in [0.29, 0.717) is 10.6 Å². The third-order valence-corrected chi connectivity index (χ3v) is 4.62. The van der Waals surface area contributed by atoms with E-state index >= 15 is 0 Å². The van der Waals surface area contributed by atoms with Crippen LogP contribution in [0.4, 0.5) is 4.39 Å². The molecule has 0 saturated heterocycles. The number of halogens is 2. The van der Waals surface area contributed by atoms with Crippen molar-refractivity contribution in [1.82, 2.24) is 0 Å². The molecule has 106 valence electrons.